The predicted molar refractivity (Wildman–Crippen MR) is 126 cm³/mol. The topological polar surface area (TPSA) is 90.3 Å². The Morgan fingerprint density at radius 3 is 2.72 bits per heavy atom. The summed E-state index contributed by atoms with van der Waals surface area (Å²) in [5, 5.41) is 6.31. The van der Waals surface area contributed by atoms with Crippen LogP contribution in [0.1, 0.15) is 10.4 Å². The van der Waals surface area contributed by atoms with E-state index < -0.39 is 0 Å². The quantitative estimate of drug-likeness (QED) is 0.518. The lowest BCUT2D eigenvalue weighted by molar-refractivity contribution is 0.102. The van der Waals surface area contributed by atoms with Crippen LogP contribution in [0.15, 0.2) is 53.6 Å². The highest BCUT2D eigenvalue weighted by molar-refractivity contribution is 6.32. The molecule has 8 nitrogen and oxygen atoms in total. The maximum atomic E-state index is 13.0. The number of imidazole rings is 1. The van der Waals surface area contributed by atoms with Crippen molar-refractivity contribution in [3.63, 3.8) is 0 Å². The molecule has 0 aliphatic heterocycles. The zero-order chi connectivity index (χ0) is 22.8. The Morgan fingerprint density at radius 1 is 1.19 bits per heavy atom. The van der Waals surface area contributed by atoms with Crippen molar-refractivity contribution in [3.05, 3.63) is 59.2 Å². The fraction of sp³-hybridized carbons (Fsp3) is 0.227. The van der Waals surface area contributed by atoms with Gasteiger partial charge in [0.1, 0.15) is 11.6 Å². The first-order valence-corrected chi connectivity index (χ1v) is 10.5. The van der Waals surface area contributed by atoms with Gasteiger partial charge in [-0.3, -0.25) is 4.79 Å². The van der Waals surface area contributed by atoms with Gasteiger partial charge < -0.3 is 24.7 Å². The van der Waals surface area contributed by atoms with Crippen LogP contribution in [0.2, 0.25) is 0 Å². The number of fused-ring (bicyclic) bond motifs is 1. The van der Waals surface area contributed by atoms with E-state index in [1.54, 1.807) is 36.4 Å². The molecular weight excluding hydrogens is 453 g/mol. The Labute approximate surface area is 194 Å². The van der Waals surface area contributed by atoms with Crippen LogP contribution in [0.25, 0.3) is 11.0 Å². The Morgan fingerprint density at radius 2 is 2.00 bits per heavy atom. The molecule has 1 aliphatic carbocycles. The number of alkyl halides is 1. The molecule has 0 fully saturated rings. The molecule has 166 valence electrons. The van der Waals surface area contributed by atoms with Crippen LogP contribution in [0, 0.1) is 0 Å². The van der Waals surface area contributed by atoms with Crippen LogP contribution in [0.3, 0.4) is 0 Å². The third kappa shape index (κ3) is 4.24. The summed E-state index contributed by atoms with van der Waals surface area (Å²) in [6.45, 7) is 0. The van der Waals surface area contributed by atoms with Gasteiger partial charge in [-0.15, -0.1) is 11.6 Å². The first-order valence-electron chi connectivity index (χ1n) is 9.72. The van der Waals surface area contributed by atoms with Crippen LogP contribution >= 0.6 is 23.2 Å². The van der Waals surface area contributed by atoms with Gasteiger partial charge in [-0.25, -0.2) is 4.98 Å². The van der Waals surface area contributed by atoms with Crippen molar-refractivity contribution in [1.82, 2.24) is 14.5 Å². The minimum Gasteiger partial charge on any atom is -0.496 e. The van der Waals surface area contributed by atoms with E-state index in [2.05, 4.69) is 20.6 Å². The summed E-state index contributed by atoms with van der Waals surface area (Å²) >= 11 is 12.7. The van der Waals surface area contributed by atoms with Crippen molar-refractivity contribution in [2.24, 2.45) is 7.05 Å². The Bertz CT molecular complexity index is 1240. The number of rotatable bonds is 6. The maximum absolute atomic E-state index is 13.0. The van der Waals surface area contributed by atoms with Gasteiger partial charge in [0.15, 0.2) is 0 Å². The lowest BCUT2D eigenvalue weighted by atomic mass is 10.1. The molecule has 0 radical (unpaired) electrons. The number of aryl methyl sites for hydroxylation is 1. The molecule has 0 bridgehead atoms. The molecule has 1 amide bonds. The van der Waals surface area contributed by atoms with Gasteiger partial charge in [-0.1, -0.05) is 29.8 Å². The number of ether oxygens (including phenoxy) is 2. The number of anilines is 2. The summed E-state index contributed by atoms with van der Waals surface area (Å²) in [6.07, 6.45) is 5.46. The van der Waals surface area contributed by atoms with Crippen molar-refractivity contribution in [1.29, 1.82) is 0 Å². The van der Waals surface area contributed by atoms with E-state index in [1.165, 1.54) is 14.2 Å². The van der Waals surface area contributed by atoms with Gasteiger partial charge in [-0.05, 0) is 18.2 Å². The van der Waals surface area contributed by atoms with Crippen molar-refractivity contribution in [2.75, 3.05) is 24.9 Å². The third-order valence-corrected chi connectivity index (χ3v) is 5.83. The number of amides is 1. The van der Waals surface area contributed by atoms with Crippen LogP contribution < -0.4 is 20.1 Å². The average molecular weight is 474 g/mol. The van der Waals surface area contributed by atoms with E-state index >= 15 is 0 Å². The molecule has 10 heteroatoms. The number of nitrogens with zero attached hydrogens (tertiary/aromatic N) is 3. The highest BCUT2D eigenvalue weighted by Crippen LogP contribution is 2.30. The van der Waals surface area contributed by atoms with Crippen molar-refractivity contribution in [3.8, 4) is 11.6 Å². The molecule has 32 heavy (non-hydrogen) atoms. The smallest absolute Gasteiger partial charge is 0.260 e. The SMILES string of the molecule is COc1cccc(NC(=O)c2cc3nc(NC4C(Cl)=CC=CC4Cl)n(C)c3cc2OC)n1. The Hall–Kier alpha value is -3.23. The number of hydrogen-bond acceptors (Lipinski definition) is 6. The molecule has 4 rings (SSSR count). The van der Waals surface area contributed by atoms with E-state index in [4.69, 9.17) is 32.7 Å². The average Bonchev–Trinajstić information content (AvgIpc) is 3.10. The minimum atomic E-state index is -0.381. The van der Waals surface area contributed by atoms with E-state index in [0.717, 1.165) is 5.52 Å². The summed E-state index contributed by atoms with van der Waals surface area (Å²) in [6, 6.07) is 8.22. The van der Waals surface area contributed by atoms with E-state index in [-0.39, 0.29) is 17.3 Å². The number of pyridine rings is 1. The molecule has 0 spiro atoms. The minimum absolute atomic E-state index is 0.317. The van der Waals surface area contributed by atoms with Crippen LogP contribution in [0.4, 0.5) is 11.8 Å². The fourth-order valence-electron chi connectivity index (χ4n) is 3.38. The van der Waals surface area contributed by atoms with Gasteiger partial charge in [0.05, 0.1) is 42.2 Å². The van der Waals surface area contributed by atoms with Gasteiger partial charge >= 0.3 is 0 Å². The van der Waals surface area contributed by atoms with Gasteiger partial charge in [0, 0.05) is 24.2 Å². The number of allylic oxidation sites excluding steroid dienone is 2. The molecule has 1 aromatic carbocycles. The van der Waals surface area contributed by atoms with Crippen molar-refractivity contribution in [2.45, 2.75) is 11.4 Å². The maximum Gasteiger partial charge on any atom is 0.260 e. The van der Waals surface area contributed by atoms with E-state index in [0.29, 0.717) is 39.5 Å². The second-order valence-corrected chi connectivity index (χ2v) is 8.00. The number of benzene rings is 1. The van der Waals surface area contributed by atoms with Crippen LogP contribution in [-0.2, 0) is 7.05 Å². The summed E-state index contributed by atoms with van der Waals surface area (Å²) in [5.41, 5.74) is 1.71. The summed E-state index contributed by atoms with van der Waals surface area (Å²) in [5.74, 6) is 1.34. The molecule has 2 atom stereocenters. The summed E-state index contributed by atoms with van der Waals surface area (Å²) in [4.78, 5) is 21.8. The molecule has 2 unspecified atom stereocenters. The Balaban J connectivity index is 1.66. The molecule has 0 saturated heterocycles. The molecule has 0 saturated carbocycles. The predicted octanol–water partition coefficient (Wildman–Crippen LogP) is 4.32. The number of carbonyl (C=O) groups is 1. The second-order valence-electron chi connectivity index (χ2n) is 7.06. The number of halogens is 2. The number of aromatic nitrogens is 3. The van der Waals surface area contributed by atoms with Crippen molar-refractivity contribution >= 4 is 51.9 Å². The van der Waals surface area contributed by atoms with Gasteiger partial charge in [0.2, 0.25) is 11.8 Å². The number of carbonyl (C=O) groups excluding carboxylic acids is 1. The molecule has 2 N–H and O–H groups in total. The molecular formula is C22H21Cl2N5O3. The number of methoxy groups -OCH3 is 2. The first kappa shape index (κ1) is 22.0. The summed E-state index contributed by atoms with van der Waals surface area (Å²) in [7, 11) is 4.88. The lowest BCUT2D eigenvalue weighted by Crippen LogP contribution is -2.31. The highest BCUT2D eigenvalue weighted by atomic mass is 35.5. The molecule has 2 heterocycles. The second kappa shape index (κ2) is 9.10. The molecule has 1 aliphatic rings. The molecule has 2 aromatic heterocycles. The van der Waals surface area contributed by atoms with Gasteiger partial charge in [0.25, 0.3) is 5.91 Å². The van der Waals surface area contributed by atoms with E-state index in [1.807, 2.05) is 23.8 Å². The largest absolute Gasteiger partial charge is 0.496 e. The fourth-order valence-corrected chi connectivity index (χ4v) is 3.99. The summed E-state index contributed by atoms with van der Waals surface area (Å²) < 4.78 is 12.4. The standard InChI is InChI=1S/C22H21Cl2N5O3/c1-29-16-11-17(31-2)12(21(30)27-18-8-5-9-19(26-18)32-3)10-15(16)25-22(29)28-20-13(23)6-4-7-14(20)24/h4-11,13,20H,1-3H3,(H,25,28)(H,26,27,30). The Kier molecular flexibility index (Phi) is 6.25. The van der Waals surface area contributed by atoms with Crippen LogP contribution in [-0.4, -0.2) is 46.1 Å². The normalized spacial score (nSPS) is 17.7. The monoisotopic (exact) mass is 473 g/mol. The van der Waals surface area contributed by atoms with Crippen molar-refractivity contribution < 1.29 is 14.3 Å². The third-order valence-electron chi connectivity index (χ3n) is 5.07. The zero-order valence-electron chi connectivity index (χ0n) is 17.6. The number of hydrogen-bond donors (Lipinski definition) is 2. The van der Waals surface area contributed by atoms with E-state index in [9.17, 15) is 4.79 Å². The number of nitrogens with one attached hydrogen (secondary N) is 2. The van der Waals surface area contributed by atoms with Crippen LogP contribution in [0.5, 0.6) is 11.6 Å². The first-order chi connectivity index (χ1) is 15.4. The van der Waals surface area contributed by atoms with Gasteiger partial charge in [-0.2, -0.15) is 4.98 Å². The lowest BCUT2D eigenvalue weighted by Gasteiger charge is -2.23. The molecule has 3 aromatic rings. The zero-order valence-corrected chi connectivity index (χ0v) is 19.1. The highest BCUT2D eigenvalue weighted by Gasteiger charge is 2.25.